The molecule has 0 radical (unpaired) electrons. The Hall–Kier alpha value is -3.26. The predicted molar refractivity (Wildman–Crippen MR) is 123 cm³/mol. The van der Waals surface area contributed by atoms with Gasteiger partial charge in [0.25, 0.3) is 0 Å². The topological polar surface area (TPSA) is 89.0 Å². The van der Waals surface area contributed by atoms with Crippen molar-refractivity contribution in [2.45, 2.75) is 31.1 Å². The fraction of sp³-hybridized carbons (Fsp3) is 0.440. The molecule has 8 heteroatoms. The Morgan fingerprint density at radius 3 is 2.61 bits per heavy atom. The zero-order valence-electron chi connectivity index (χ0n) is 19.5. The number of hydrogen-bond acceptors (Lipinski definition) is 6. The van der Waals surface area contributed by atoms with Crippen LogP contribution in [0.5, 0.6) is 5.75 Å². The van der Waals surface area contributed by atoms with E-state index in [9.17, 15) is 14.4 Å². The third-order valence-corrected chi connectivity index (χ3v) is 6.07. The number of likely N-dealkylation sites (tertiary alicyclic amines) is 1. The zero-order chi connectivity index (χ0) is 23.8. The third-order valence-electron chi connectivity index (χ3n) is 6.07. The molecule has 1 aromatic heterocycles. The summed E-state index contributed by atoms with van der Waals surface area (Å²) in [6.07, 6.45) is 2.67. The Labute approximate surface area is 194 Å². The minimum Gasteiger partial charge on any atom is -0.496 e. The first-order valence-electron chi connectivity index (χ1n) is 11.0. The highest BCUT2D eigenvalue weighted by Gasteiger charge is 2.54. The second-order valence-corrected chi connectivity index (χ2v) is 8.22. The van der Waals surface area contributed by atoms with Crippen molar-refractivity contribution in [2.75, 3.05) is 41.0 Å². The summed E-state index contributed by atoms with van der Waals surface area (Å²) in [5, 5.41) is 0. The molecular weight excluding hydrogens is 422 g/mol. The van der Waals surface area contributed by atoms with Crippen molar-refractivity contribution in [3.05, 3.63) is 59.9 Å². The lowest BCUT2D eigenvalue weighted by Crippen LogP contribution is -2.43. The first kappa shape index (κ1) is 24.4. The van der Waals surface area contributed by atoms with Crippen LogP contribution >= 0.6 is 0 Å². The van der Waals surface area contributed by atoms with Crippen LogP contribution in [0.2, 0.25) is 0 Å². The first-order valence-corrected chi connectivity index (χ1v) is 11.0. The van der Waals surface area contributed by atoms with Gasteiger partial charge in [-0.25, -0.2) is 0 Å². The van der Waals surface area contributed by atoms with Crippen LogP contribution in [0.15, 0.2) is 48.7 Å². The SMILES string of the molecule is COCCCN1C(=O)C[C@](CC(=O)N(C)CCc2ccccn2)(c2ccccc2OC)C1=O. The maximum atomic E-state index is 13.7. The van der Waals surface area contributed by atoms with E-state index in [4.69, 9.17) is 9.47 Å². The summed E-state index contributed by atoms with van der Waals surface area (Å²) < 4.78 is 10.6. The molecule has 1 aromatic carbocycles. The monoisotopic (exact) mass is 453 g/mol. The van der Waals surface area contributed by atoms with Crippen LogP contribution in [0.25, 0.3) is 0 Å². The van der Waals surface area contributed by atoms with Crippen molar-refractivity contribution < 1.29 is 23.9 Å². The molecule has 2 heterocycles. The van der Waals surface area contributed by atoms with Crippen molar-refractivity contribution in [3.8, 4) is 5.75 Å². The van der Waals surface area contributed by atoms with Gasteiger partial charge < -0.3 is 14.4 Å². The lowest BCUT2D eigenvalue weighted by atomic mass is 9.75. The van der Waals surface area contributed by atoms with Crippen LogP contribution in [0.1, 0.15) is 30.5 Å². The average molecular weight is 454 g/mol. The fourth-order valence-electron chi connectivity index (χ4n) is 4.22. The van der Waals surface area contributed by atoms with Crippen molar-refractivity contribution in [1.29, 1.82) is 0 Å². The number of pyridine rings is 1. The molecule has 0 N–H and O–H groups in total. The number of likely N-dealkylation sites (N-methyl/N-ethyl adjacent to an activating group) is 1. The molecule has 3 amide bonds. The van der Waals surface area contributed by atoms with Gasteiger partial charge in [-0.2, -0.15) is 0 Å². The lowest BCUT2D eigenvalue weighted by Gasteiger charge is -2.30. The standard InChI is InChI=1S/C25H31N3O5/c1-27(15-12-19-9-6-7-13-26-19)22(29)17-25(20-10-4-5-11-21(20)33-3)18-23(30)28(24(25)31)14-8-16-32-2/h4-7,9-11,13H,8,12,14-18H2,1-3H3/t25-/m1/s1. The van der Waals surface area contributed by atoms with Crippen LogP contribution in [0, 0.1) is 0 Å². The largest absolute Gasteiger partial charge is 0.496 e. The number of amides is 3. The molecule has 1 fully saturated rings. The van der Waals surface area contributed by atoms with Gasteiger partial charge in [0, 0.05) is 70.6 Å². The molecule has 0 bridgehead atoms. The highest BCUT2D eigenvalue weighted by Crippen LogP contribution is 2.44. The molecule has 0 spiro atoms. The van der Waals surface area contributed by atoms with E-state index in [1.807, 2.05) is 18.2 Å². The Morgan fingerprint density at radius 2 is 1.91 bits per heavy atom. The molecule has 0 saturated carbocycles. The minimum absolute atomic E-state index is 0.0704. The molecule has 33 heavy (non-hydrogen) atoms. The number of carbonyl (C=O) groups excluding carboxylic acids is 3. The maximum Gasteiger partial charge on any atom is 0.241 e. The molecule has 1 aliphatic heterocycles. The number of aromatic nitrogens is 1. The quantitative estimate of drug-likeness (QED) is 0.383. The van der Waals surface area contributed by atoms with Gasteiger partial charge in [0.05, 0.1) is 12.5 Å². The van der Waals surface area contributed by atoms with Gasteiger partial charge in [-0.1, -0.05) is 24.3 Å². The number of carbonyl (C=O) groups is 3. The molecule has 0 unspecified atom stereocenters. The summed E-state index contributed by atoms with van der Waals surface area (Å²) in [5.41, 5.74) is 0.146. The van der Waals surface area contributed by atoms with Gasteiger partial charge in [-0.3, -0.25) is 24.3 Å². The van der Waals surface area contributed by atoms with Gasteiger partial charge in [0.15, 0.2) is 0 Å². The van der Waals surface area contributed by atoms with Crippen molar-refractivity contribution in [2.24, 2.45) is 0 Å². The van der Waals surface area contributed by atoms with Gasteiger partial charge in [-0.15, -0.1) is 0 Å². The summed E-state index contributed by atoms with van der Waals surface area (Å²) in [5.74, 6) is -0.372. The lowest BCUT2D eigenvalue weighted by molar-refractivity contribution is -0.142. The summed E-state index contributed by atoms with van der Waals surface area (Å²) in [4.78, 5) is 47.0. The van der Waals surface area contributed by atoms with Crippen molar-refractivity contribution in [3.63, 3.8) is 0 Å². The van der Waals surface area contributed by atoms with E-state index >= 15 is 0 Å². The predicted octanol–water partition coefficient (Wildman–Crippen LogP) is 2.21. The van der Waals surface area contributed by atoms with Gasteiger partial charge in [0.1, 0.15) is 5.75 Å². The van der Waals surface area contributed by atoms with Crippen LogP contribution in [-0.2, 0) is 31.0 Å². The molecule has 1 aliphatic rings. The number of benzene rings is 1. The van der Waals surface area contributed by atoms with Gasteiger partial charge >= 0.3 is 0 Å². The number of nitrogens with zero attached hydrogens (tertiary/aromatic N) is 3. The van der Waals surface area contributed by atoms with Crippen molar-refractivity contribution in [1.82, 2.24) is 14.8 Å². The molecule has 8 nitrogen and oxygen atoms in total. The number of imide groups is 1. The highest BCUT2D eigenvalue weighted by atomic mass is 16.5. The zero-order valence-corrected chi connectivity index (χ0v) is 19.5. The second-order valence-electron chi connectivity index (χ2n) is 8.22. The number of hydrogen-bond donors (Lipinski definition) is 0. The van der Waals surface area contributed by atoms with E-state index in [0.717, 1.165) is 5.69 Å². The molecule has 0 aliphatic carbocycles. The van der Waals surface area contributed by atoms with Crippen LogP contribution in [0.4, 0.5) is 0 Å². The number of rotatable bonds is 11. The Bertz CT molecular complexity index is 981. The Morgan fingerprint density at radius 1 is 1.15 bits per heavy atom. The second kappa shape index (κ2) is 11.0. The van der Waals surface area contributed by atoms with E-state index in [1.165, 1.54) is 12.0 Å². The molecular formula is C25H31N3O5. The van der Waals surface area contributed by atoms with E-state index < -0.39 is 5.41 Å². The van der Waals surface area contributed by atoms with E-state index in [0.29, 0.717) is 37.3 Å². The fourth-order valence-corrected chi connectivity index (χ4v) is 4.22. The van der Waals surface area contributed by atoms with Gasteiger partial charge in [0.2, 0.25) is 17.7 Å². The molecule has 176 valence electrons. The van der Waals surface area contributed by atoms with Crippen LogP contribution < -0.4 is 4.74 Å². The Kier molecular flexibility index (Phi) is 8.16. The first-order chi connectivity index (χ1) is 15.9. The normalized spacial score (nSPS) is 18.0. The van der Waals surface area contributed by atoms with Crippen LogP contribution in [0.3, 0.4) is 0 Å². The van der Waals surface area contributed by atoms with Crippen molar-refractivity contribution >= 4 is 17.7 Å². The number of para-hydroxylation sites is 1. The number of methoxy groups -OCH3 is 2. The van der Waals surface area contributed by atoms with E-state index in [1.54, 1.807) is 49.5 Å². The highest BCUT2D eigenvalue weighted by molar-refractivity contribution is 6.11. The van der Waals surface area contributed by atoms with E-state index in [-0.39, 0.29) is 37.1 Å². The van der Waals surface area contributed by atoms with E-state index in [2.05, 4.69) is 4.98 Å². The molecule has 1 saturated heterocycles. The minimum atomic E-state index is -1.30. The maximum absolute atomic E-state index is 13.7. The molecule has 3 rings (SSSR count). The number of ether oxygens (including phenoxy) is 2. The molecule has 2 aromatic rings. The summed E-state index contributed by atoms with van der Waals surface area (Å²) in [6.45, 7) is 1.15. The summed E-state index contributed by atoms with van der Waals surface area (Å²) >= 11 is 0. The van der Waals surface area contributed by atoms with Crippen LogP contribution in [-0.4, -0.2) is 73.5 Å². The third kappa shape index (κ3) is 5.39. The summed E-state index contributed by atoms with van der Waals surface area (Å²) in [6, 6.07) is 12.8. The van der Waals surface area contributed by atoms with Gasteiger partial charge in [-0.05, 0) is 24.6 Å². The molecule has 1 atom stereocenters. The summed E-state index contributed by atoms with van der Waals surface area (Å²) in [7, 11) is 4.80. The smallest absolute Gasteiger partial charge is 0.241 e. The average Bonchev–Trinajstić information content (AvgIpc) is 3.07. The Balaban J connectivity index is 1.86.